The molecular weight excluding hydrogens is 598 g/mol. The number of hydrogen-bond donors (Lipinski definition) is 3. The molecule has 0 radical (unpaired) electrons. The molecule has 0 spiro atoms. The van der Waals surface area contributed by atoms with Crippen molar-refractivity contribution in [3.8, 4) is 0 Å². The zero-order valence-corrected chi connectivity index (χ0v) is 33.1. The zero-order valence-electron chi connectivity index (χ0n) is 29.1. The van der Waals surface area contributed by atoms with Gasteiger partial charge in [0.05, 0.1) is 30.3 Å². The van der Waals surface area contributed by atoms with Crippen LogP contribution in [0.2, 0.25) is 0 Å². The number of aliphatic carboxylic acids is 2. The number of esters is 1. The minimum Gasteiger partial charge on any atom is -0.547 e. The molecule has 0 bridgehead atoms. The quantitative estimate of drug-likeness (QED) is 0.114. The smallest absolute Gasteiger partial charge is 0.547 e. The molecule has 4 saturated carbocycles. The van der Waals surface area contributed by atoms with Crippen LogP contribution >= 0.6 is 0 Å². The molecule has 4 fully saturated rings. The molecule has 244 valence electrons. The van der Waals surface area contributed by atoms with Crippen molar-refractivity contribution in [2.24, 2.45) is 39.9 Å². The summed E-state index contributed by atoms with van der Waals surface area (Å²) >= 11 is 0. The number of rotatable bonds is 6. The van der Waals surface area contributed by atoms with Gasteiger partial charge in [0.1, 0.15) is 6.10 Å². The maximum Gasteiger partial charge on any atom is 1.00 e. The molecule has 4 aliphatic carbocycles. The van der Waals surface area contributed by atoms with E-state index in [4.69, 9.17) is 9.84 Å². The van der Waals surface area contributed by atoms with E-state index >= 15 is 0 Å². The van der Waals surface area contributed by atoms with E-state index in [0.29, 0.717) is 37.2 Å². The number of fused-ring (bicyclic) bond motifs is 5. The Morgan fingerprint density at radius 1 is 1.00 bits per heavy atom. The van der Waals surface area contributed by atoms with E-state index in [1.807, 2.05) is 19.9 Å². The van der Waals surface area contributed by atoms with E-state index in [9.17, 15) is 34.8 Å². The number of carboxylic acid groups (broad SMARTS) is 2. The van der Waals surface area contributed by atoms with Crippen LogP contribution in [0.3, 0.4) is 0 Å². The summed E-state index contributed by atoms with van der Waals surface area (Å²) in [6.07, 6.45) is 4.58. The van der Waals surface area contributed by atoms with Gasteiger partial charge in [-0.2, -0.15) is 0 Å². The van der Waals surface area contributed by atoms with Crippen molar-refractivity contribution in [1.82, 2.24) is 0 Å². The standard InChI is InChI=1S/C31H48O6.C3H6O3.2Na/c1-17(2)9-8-10-20(28(35)36)26-22-15-24(34)27-29(5)13-12-23(33)18(3)21(29)11-14-30(27,6)31(22,7)16-25(26)37-19(4)32;1-2(4)3(5)6;;/h9,18,21-25,27,33-34H,8,10-16H2,1-7H3,(H,35,36);2,4H,1H3,(H,5,6);;/q;;2*+1/p-2/t18-,21?,22+,23+,24+,25-,27?,29-,30-,31-;;;/m0.../s1. The molecule has 45 heavy (non-hydrogen) atoms. The van der Waals surface area contributed by atoms with E-state index < -0.39 is 36.2 Å². The third kappa shape index (κ3) is 8.33. The molecule has 0 saturated heterocycles. The average Bonchev–Trinajstić information content (AvgIpc) is 3.15. The summed E-state index contributed by atoms with van der Waals surface area (Å²) in [6.45, 7) is 15.5. The maximum atomic E-state index is 12.5. The average molecular weight is 651 g/mol. The van der Waals surface area contributed by atoms with Gasteiger partial charge in [0.15, 0.2) is 0 Å². The number of carbonyl (C=O) groups excluding carboxylic acids is 3. The predicted molar refractivity (Wildman–Crippen MR) is 157 cm³/mol. The van der Waals surface area contributed by atoms with Crippen LogP contribution in [0, 0.1) is 39.9 Å². The van der Waals surface area contributed by atoms with Crippen LogP contribution in [-0.4, -0.2) is 57.6 Å². The van der Waals surface area contributed by atoms with Crippen LogP contribution in [-0.2, 0) is 19.1 Å². The number of aliphatic hydroxyl groups excluding tert-OH is 3. The first-order valence-electron chi connectivity index (χ1n) is 15.8. The van der Waals surface area contributed by atoms with Gasteiger partial charge in [-0.15, -0.1) is 0 Å². The van der Waals surface area contributed by atoms with Gasteiger partial charge < -0.3 is 39.9 Å². The molecule has 0 aliphatic heterocycles. The Morgan fingerprint density at radius 2 is 1.58 bits per heavy atom. The molecule has 0 aromatic rings. The Balaban J connectivity index is 0.00000115. The van der Waals surface area contributed by atoms with Crippen molar-refractivity contribution in [1.29, 1.82) is 0 Å². The summed E-state index contributed by atoms with van der Waals surface area (Å²) in [4.78, 5) is 34.0. The van der Waals surface area contributed by atoms with Gasteiger partial charge in [0.2, 0.25) is 0 Å². The van der Waals surface area contributed by atoms with Gasteiger partial charge in [0.25, 0.3) is 0 Å². The molecule has 0 amide bonds. The predicted octanol–water partition coefficient (Wildman–Crippen LogP) is -3.54. The Kier molecular flexibility index (Phi) is 15.6. The first-order chi connectivity index (χ1) is 19.8. The van der Waals surface area contributed by atoms with Gasteiger partial charge in [-0.3, -0.25) is 4.79 Å². The molecule has 9 nitrogen and oxygen atoms in total. The molecule has 3 unspecified atom stereocenters. The van der Waals surface area contributed by atoms with Gasteiger partial charge in [-0.1, -0.05) is 39.3 Å². The Bertz CT molecular complexity index is 1150. The Hall–Kier alpha value is -0.230. The zero-order chi connectivity index (χ0) is 32.7. The minimum atomic E-state index is -1.44. The number of carbonyl (C=O) groups is 3. The third-order valence-corrected chi connectivity index (χ3v) is 11.9. The second kappa shape index (κ2) is 16.4. The van der Waals surface area contributed by atoms with E-state index in [1.54, 1.807) is 0 Å². The molecule has 11 heteroatoms. The third-order valence-electron chi connectivity index (χ3n) is 11.9. The fourth-order valence-electron chi connectivity index (χ4n) is 9.78. The SMILES string of the molecule is CC(=O)O[C@H]1C[C@@]2(C)[C@H](C[C@@H](O)C3[C@@]4(C)CC[C@@H](O)[C@@H](C)C4CC[C@@]32C)C1=C(CCC=C(C)C)C(=O)[O-].CC(O)C(=O)[O-].[Na+].[Na+]. The first-order valence-corrected chi connectivity index (χ1v) is 15.8. The molecule has 4 aliphatic rings. The molecule has 3 N–H and O–H groups in total. The van der Waals surface area contributed by atoms with Gasteiger partial charge in [-0.05, 0) is 123 Å². The van der Waals surface area contributed by atoms with Crippen LogP contribution in [0.25, 0.3) is 0 Å². The summed E-state index contributed by atoms with van der Waals surface area (Å²) in [5.74, 6) is -2.69. The minimum absolute atomic E-state index is 0. The fraction of sp³-hybridized carbons (Fsp3) is 0.794. The van der Waals surface area contributed by atoms with Crippen molar-refractivity contribution in [3.05, 3.63) is 22.8 Å². The fourth-order valence-corrected chi connectivity index (χ4v) is 9.78. The number of aliphatic hydroxyl groups is 3. The van der Waals surface area contributed by atoms with E-state index in [0.717, 1.165) is 38.2 Å². The van der Waals surface area contributed by atoms with Crippen LogP contribution in [0.4, 0.5) is 0 Å². The van der Waals surface area contributed by atoms with E-state index in [1.165, 1.54) is 6.92 Å². The van der Waals surface area contributed by atoms with Crippen LogP contribution in [0.15, 0.2) is 22.8 Å². The van der Waals surface area contributed by atoms with Crippen LogP contribution in [0.5, 0.6) is 0 Å². The summed E-state index contributed by atoms with van der Waals surface area (Å²) in [5.41, 5.74) is 1.31. The summed E-state index contributed by atoms with van der Waals surface area (Å²) in [6, 6.07) is 0. The molecular formula is C34H52Na2O9. The number of hydrogen-bond acceptors (Lipinski definition) is 9. The molecule has 4 rings (SSSR count). The molecule has 0 heterocycles. The van der Waals surface area contributed by atoms with Crippen molar-refractivity contribution < 1.29 is 104 Å². The topological polar surface area (TPSA) is 167 Å². The Labute approximate surface area is 313 Å². The van der Waals surface area contributed by atoms with Crippen molar-refractivity contribution in [3.63, 3.8) is 0 Å². The van der Waals surface area contributed by atoms with E-state index in [2.05, 4.69) is 27.7 Å². The largest absolute Gasteiger partial charge is 1.00 e. The monoisotopic (exact) mass is 650 g/mol. The second-order valence-corrected chi connectivity index (χ2v) is 14.6. The summed E-state index contributed by atoms with van der Waals surface area (Å²) in [7, 11) is 0. The van der Waals surface area contributed by atoms with Crippen LogP contribution < -0.4 is 69.3 Å². The number of carboxylic acids is 2. The van der Waals surface area contributed by atoms with Crippen molar-refractivity contribution in [2.45, 2.75) is 131 Å². The van der Waals surface area contributed by atoms with Gasteiger partial charge in [0, 0.05) is 6.92 Å². The normalized spacial score (nSPS) is 39.8. The maximum absolute atomic E-state index is 12.5. The number of allylic oxidation sites excluding steroid dienone is 2. The second-order valence-electron chi connectivity index (χ2n) is 14.6. The van der Waals surface area contributed by atoms with Crippen molar-refractivity contribution >= 4 is 17.9 Å². The summed E-state index contributed by atoms with van der Waals surface area (Å²) < 4.78 is 5.84. The van der Waals surface area contributed by atoms with Crippen LogP contribution in [0.1, 0.15) is 107 Å². The van der Waals surface area contributed by atoms with E-state index in [-0.39, 0.29) is 105 Å². The van der Waals surface area contributed by atoms with Gasteiger partial charge >= 0.3 is 65.1 Å². The number of ether oxygens (including phenoxy) is 1. The van der Waals surface area contributed by atoms with Crippen molar-refractivity contribution in [2.75, 3.05) is 0 Å². The molecule has 0 aromatic carbocycles. The van der Waals surface area contributed by atoms with Gasteiger partial charge in [-0.25, -0.2) is 0 Å². The summed E-state index contributed by atoms with van der Waals surface area (Å²) in [5, 5.41) is 52.3. The molecule has 11 atom stereocenters. The first kappa shape index (κ1) is 42.8. The Morgan fingerprint density at radius 3 is 2.07 bits per heavy atom. The molecule has 0 aromatic heterocycles.